The minimum Gasteiger partial charge on any atom is -0.391 e. The van der Waals surface area contributed by atoms with Gasteiger partial charge in [0, 0.05) is 19.0 Å². The number of benzene rings is 1. The van der Waals surface area contributed by atoms with Gasteiger partial charge in [0.25, 0.3) is 0 Å². The lowest BCUT2D eigenvalue weighted by molar-refractivity contribution is -0.114. The van der Waals surface area contributed by atoms with Crippen LogP contribution in [-0.4, -0.2) is 17.6 Å². The summed E-state index contributed by atoms with van der Waals surface area (Å²) in [4.78, 5) is 20.2. The molecule has 1 heterocycles. The zero-order valence-electron chi connectivity index (χ0n) is 11.8. The van der Waals surface area contributed by atoms with E-state index in [0.717, 1.165) is 24.1 Å². The number of anilines is 1. The molecule has 1 aromatic carbocycles. The van der Waals surface area contributed by atoms with Gasteiger partial charge in [0.1, 0.15) is 6.61 Å². The second-order valence-corrected chi connectivity index (χ2v) is 5.40. The monoisotopic (exact) mass is 303 g/mol. The first kappa shape index (κ1) is 15.2. The highest BCUT2D eigenvalue weighted by molar-refractivity contribution is 7.13. The van der Waals surface area contributed by atoms with Gasteiger partial charge in [-0.25, -0.2) is 4.98 Å². The third-order valence-electron chi connectivity index (χ3n) is 2.85. The lowest BCUT2D eigenvalue weighted by Crippen LogP contribution is -2.05. The molecule has 1 aromatic heterocycles. The van der Waals surface area contributed by atoms with Gasteiger partial charge in [0.15, 0.2) is 5.13 Å². The second kappa shape index (κ2) is 7.54. The number of thiazole rings is 1. The van der Waals surface area contributed by atoms with Crippen LogP contribution < -0.4 is 5.32 Å². The number of hydrogen-bond acceptors (Lipinski definition) is 5. The van der Waals surface area contributed by atoms with Crippen LogP contribution in [0.15, 0.2) is 34.8 Å². The molecule has 0 aliphatic carbocycles. The number of aryl methyl sites for hydroxylation is 2. The van der Waals surface area contributed by atoms with Crippen molar-refractivity contribution in [1.29, 1.82) is 0 Å². The number of amides is 1. The Morgan fingerprint density at radius 1 is 1.33 bits per heavy atom. The molecule has 1 amide bonds. The van der Waals surface area contributed by atoms with Gasteiger partial charge in [-0.2, -0.15) is 0 Å². The van der Waals surface area contributed by atoms with E-state index in [1.165, 1.54) is 23.8 Å². The second-order valence-electron chi connectivity index (χ2n) is 4.54. The zero-order valence-corrected chi connectivity index (χ0v) is 12.7. The summed E-state index contributed by atoms with van der Waals surface area (Å²) in [6, 6.07) is 8.18. The summed E-state index contributed by atoms with van der Waals surface area (Å²) in [5, 5.41) is 8.69. The number of hydrogen-bond donors (Lipinski definition) is 1. The fourth-order valence-electron chi connectivity index (χ4n) is 1.82. The van der Waals surface area contributed by atoms with Crippen LogP contribution in [-0.2, 0) is 29.1 Å². The zero-order chi connectivity index (χ0) is 15.1. The molecule has 2 rings (SSSR count). The Hall–Kier alpha value is -2.21. The van der Waals surface area contributed by atoms with Crippen LogP contribution in [0.2, 0.25) is 0 Å². The molecule has 110 valence electrons. The number of nitrogens with zero attached hydrogens (tertiary/aromatic N) is 2. The Bertz CT molecular complexity index is 608. The van der Waals surface area contributed by atoms with Gasteiger partial charge in [-0.1, -0.05) is 24.3 Å². The number of rotatable bonds is 7. The minimum atomic E-state index is -0.0947. The van der Waals surface area contributed by atoms with E-state index in [2.05, 4.69) is 34.3 Å². The van der Waals surface area contributed by atoms with Crippen molar-refractivity contribution >= 4 is 29.1 Å². The van der Waals surface area contributed by atoms with Gasteiger partial charge >= 0.3 is 0 Å². The Labute approximate surface area is 127 Å². The Balaban J connectivity index is 1.86. The quantitative estimate of drug-likeness (QED) is 0.631. The van der Waals surface area contributed by atoms with Crippen molar-refractivity contribution in [2.45, 2.75) is 26.4 Å². The highest BCUT2D eigenvalue weighted by Crippen LogP contribution is 2.17. The van der Waals surface area contributed by atoms with E-state index in [1.807, 2.05) is 17.5 Å². The molecule has 0 atom stereocenters. The molecule has 5 nitrogen and oxygen atoms in total. The molecule has 0 saturated carbocycles. The molecule has 0 spiro atoms. The molecular weight excluding hydrogens is 286 g/mol. The lowest BCUT2D eigenvalue weighted by atomic mass is 10.1. The van der Waals surface area contributed by atoms with E-state index >= 15 is 0 Å². The van der Waals surface area contributed by atoms with Crippen LogP contribution in [0.3, 0.4) is 0 Å². The van der Waals surface area contributed by atoms with Crippen LogP contribution in [0.4, 0.5) is 5.13 Å². The molecule has 0 aliphatic rings. The number of carbonyl (C=O) groups is 1. The summed E-state index contributed by atoms with van der Waals surface area (Å²) in [5.74, 6) is -0.0947. The molecule has 1 N–H and O–H groups in total. The summed E-state index contributed by atoms with van der Waals surface area (Å²) >= 11 is 1.45. The van der Waals surface area contributed by atoms with E-state index in [4.69, 9.17) is 4.84 Å². The summed E-state index contributed by atoms with van der Waals surface area (Å²) in [7, 11) is 0. The summed E-state index contributed by atoms with van der Waals surface area (Å²) < 4.78 is 0. The van der Waals surface area contributed by atoms with Crippen molar-refractivity contribution in [2.24, 2.45) is 5.16 Å². The van der Waals surface area contributed by atoms with Gasteiger partial charge in [0.2, 0.25) is 5.91 Å². The fourth-order valence-corrected chi connectivity index (χ4v) is 2.62. The van der Waals surface area contributed by atoms with Crippen LogP contribution in [0.5, 0.6) is 0 Å². The summed E-state index contributed by atoms with van der Waals surface area (Å²) in [6.07, 6.45) is 1.75. The van der Waals surface area contributed by atoms with Crippen LogP contribution in [0.25, 0.3) is 0 Å². The van der Waals surface area contributed by atoms with Gasteiger partial charge in [-0.3, -0.25) is 4.79 Å². The first-order valence-corrected chi connectivity index (χ1v) is 7.43. The molecule has 0 bridgehead atoms. The maximum atomic E-state index is 10.9. The maximum absolute atomic E-state index is 10.9. The van der Waals surface area contributed by atoms with Crippen molar-refractivity contribution in [3.05, 3.63) is 46.5 Å². The molecule has 0 unspecified atom stereocenters. The first-order valence-electron chi connectivity index (χ1n) is 6.55. The maximum Gasteiger partial charge on any atom is 0.223 e. The standard InChI is InChI=1S/C15H17N3O2S/c1-11(19)17-15-18-14(10-21-15)8-7-12-3-5-13(6-4-12)9-20-16-2/h3-6,10H,2,7-9H2,1H3,(H,17,18,19). The summed E-state index contributed by atoms with van der Waals surface area (Å²) in [6.45, 7) is 5.19. The number of carbonyl (C=O) groups excluding carboxylic acids is 1. The number of nitrogens with one attached hydrogen (secondary N) is 1. The molecule has 0 radical (unpaired) electrons. The van der Waals surface area contributed by atoms with Gasteiger partial charge in [-0.15, -0.1) is 16.5 Å². The Kier molecular flexibility index (Phi) is 5.45. The molecule has 0 saturated heterocycles. The average molecular weight is 303 g/mol. The fraction of sp³-hybridized carbons (Fsp3) is 0.267. The third-order valence-corrected chi connectivity index (χ3v) is 3.66. The summed E-state index contributed by atoms with van der Waals surface area (Å²) in [5.41, 5.74) is 3.29. The van der Waals surface area contributed by atoms with Gasteiger partial charge in [0.05, 0.1) is 5.69 Å². The Morgan fingerprint density at radius 2 is 2.05 bits per heavy atom. The lowest BCUT2D eigenvalue weighted by Gasteiger charge is -2.02. The highest BCUT2D eigenvalue weighted by atomic mass is 32.1. The number of aromatic nitrogens is 1. The third kappa shape index (κ3) is 5.00. The predicted octanol–water partition coefficient (Wildman–Crippen LogP) is 3.02. The topological polar surface area (TPSA) is 63.6 Å². The van der Waals surface area contributed by atoms with E-state index in [0.29, 0.717) is 11.7 Å². The molecule has 0 aliphatic heterocycles. The number of oxime groups is 1. The molecule has 21 heavy (non-hydrogen) atoms. The molecular formula is C15H17N3O2S. The van der Waals surface area contributed by atoms with E-state index in [9.17, 15) is 4.79 Å². The van der Waals surface area contributed by atoms with Crippen LogP contribution in [0.1, 0.15) is 23.7 Å². The van der Waals surface area contributed by atoms with Crippen molar-refractivity contribution in [2.75, 3.05) is 5.32 Å². The largest absolute Gasteiger partial charge is 0.391 e. The smallest absolute Gasteiger partial charge is 0.223 e. The average Bonchev–Trinajstić information content (AvgIpc) is 2.91. The molecule has 2 aromatic rings. The normalized spacial score (nSPS) is 10.1. The van der Waals surface area contributed by atoms with E-state index in [-0.39, 0.29) is 5.91 Å². The predicted molar refractivity (Wildman–Crippen MR) is 84.6 cm³/mol. The van der Waals surface area contributed by atoms with Crippen molar-refractivity contribution in [3.63, 3.8) is 0 Å². The van der Waals surface area contributed by atoms with Crippen LogP contribution in [0, 0.1) is 0 Å². The van der Waals surface area contributed by atoms with E-state index in [1.54, 1.807) is 0 Å². The molecule has 6 heteroatoms. The van der Waals surface area contributed by atoms with Gasteiger partial charge in [-0.05, 0) is 24.0 Å². The van der Waals surface area contributed by atoms with Crippen molar-refractivity contribution < 1.29 is 9.63 Å². The SMILES string of the molecule is C=NOCc1ccc(CCc2csc(NC(C)=O)n2)cc1. The highest BCUT2D eigenvalue weighted by Gasteiger charge is 2.04. The first-order chi connectivity index (χ1) is 10.2. The Morgan fingerprint density at radius 3 is 2.71 bits per heavy atom. The van der Waals surface area contributed by atoms with Crippen molar-refractivity contribution in [3.8, 4) is 0 Å². The van der Waals surface area contributed by atoms with Crippen LogP contribution >= 0.6 is 11.3 Å². The van der Waals surface area contributed by atoms with Gasteiger partial charge < -0.3 is 10.2 Å². The molecule has 0 fully saturated rings. The van der Waals surface area contributed by atoms with Crippen molar-refractivity contribution in [1.82, 2.24) is 4.98 Å². The minimum absolute atomic E-state index is 0.0947. The van der Waals surface area contributed by atoms with E-state index < -0.39 is 0 Å².